The molecule has 3 rings (SSSR count). The van der Waals surface area contributed by atoms with Crippen molar-refractivity contribution in [2.75, 3.05) is 19.8 Å². The monoisotopic (exact) mass is 867 g/mol. The first-order chi connectivity index (χ1) is 29.7. The van der Waals surface area contributed by atoms with Crippen LogP contribution in [0, 0.1) is 34.5 Å². The fourth-order valence-corrected chi connectivity index (χ4v) is 9.01. The van der Waals surface area contributed by atoms with Crippen LogP contribution in [0.25, 0.3) is 0 Å². The molecule has 1 saturated heterocycles. The number of ether oxygens (including phenoxy) is 2. The third kappa shape index (κ3) is 16.4. The van der Waals surface area contributed by atoms with Crippen molar-refractivity contribution in [3.05, 3.63) is 155 Å². The van der Waals surface area contributed by atoms with Gasteiger partial charge in [-0.05, 0) is 103 Å². The lowest BCUT2D eigenvalue weighted by molar-refractivity contribution is -0.299. The molecule has 348 valence electrons. The molecule has 0 amide bonds. The van der Waals surface area contributed by atoms with Gasteiger partial charge in [0, 0.05) is 11.8 Å². The highest BCUT2D eigenvalue weighted by molar-refractivity contribution is 5.33. The molecule has 0 spiro atoms. The van der Waals surface area contributed by atoms with Gasteiger partial charge in [0.25, 0.3) is 0 Å². The molecular weight excluding hydrogens is 785 g/mol. The van der Waals surface area contributed by atoms with Gasteiger partial charge in [-0.25, -0.2) is 0 Å². The van der Waals surface area contributed by atoms with E-state index in [1.54, 1.807) is 0 Å². The van der Waals surface area contributed by atoms with E-state index in [2.05, 4.69) is 166 Å². The molecule has 9 atom stereocenters. The minimum atomic E-state index is -1.46. The van der Waals surface area contributed by atoms with E-state index >= 15 is 0 Å². The summed E-state index contributed by atoms with van der Waals surface area (Å²) in [5.74, 6) is 1.56. The van der Waals surface area contributed by atoms with E-state index in [1.165, 1.54) is 27.9 Å². The lowest BCUT2D eigenvalue weighted by atomic mass is 9.59. The largest absolute Gasteiger partial charge is 0.394 e. The van der Waals surface area contributed by atoms with Crippen molar-refractivity contribution in [2.45, 2.75) is 138 Å². The molecule has 3 aliphatic rings. The highest BCUT2D eigenvalue weighted by atomic mass is 16.7. The third-order valence-electron chi connectivity index (χ3n) is 13.7. The van der Waals surface area contributed by atoms with Crippen LogP contribution < -0.4 is 0 Å². The summed E-state index contributed by atoms with van der Waals surface area (Å²) in [5, 5.41) is 49.3. The predicted molar refractivity (Wildman–Crippen MR) is 263 cm³/mol. The highest BCUT2D eigenvalue weighted by Gasteiger charge is 2.44. The van der Waals surface area contributed by atoms with Crippen molar-refractivity contribution in [1.29, 1.82) is 0 Å². The first-order valence-corrected chi connectivity index (χ1v) is 23.0. The van der Waals surface area contributed by atoms with Crippen LogP contribution in [0.3, 0.4) is 0 Å². The highest BCUT2D eigenvalue weighted by Crippen LogP contribution is 2.50. The Morgan fingerprint density at radius 1 is 0.619 bits per heavy atom. The molecule has 0 bridgehead atoms. The molecule has 7 nitrogen and oxygen atoms in total. The van der Waals surface area contributed by atoms with Gasteiger partial charge in [0.1, 0.15) is 24.4 Å². The summed E-state index contributed by atoms with van der Waals surface area (Å²) in [4.78, 5) is 0. The van der Waals surface area contributed by atoms with Crippen molar-refractivity contribution in [3.63, 3.8) is 0 Å². The maximum absolute atomic E-state index is 10.3. The molecule has 0 radical (unpaired) electrons. The van der Waals surface area contributed by atoms with Crippen molar-refractivity contribution in [1.82, 2.24) is 0 Å². The first kappa shape index (κ1) is 53.7. The predicted octanol–water partition coefficient (Wildman–Crippen LogP) is 11.3. The molecule has 5 N–H and O–H groups in total. The van der Waals surface area contributed by atoms with Crippen molar-refractivity contribution in [2.24, 2.45) is 34.5 Å². The zero-order valence-corrected chi connectivity index (χ0v) is 40.3. The van der Waals surface area contributed by atoms with E-state index in [1.807, 2.05) is 13.8 Å². The molecule has 7 heteroatoms. The van der Waals surface area contributed by atoms with E-state index in [0.29, 0.717) is 17.8 Å². The maximum atomic E-state index is 10.3. The van der Waals surface area contributed by atoms with Gasteiger partial charge in [-0.1, -0.05) is 183 Å². The summed E-state index contributed by atoms with van der Waals surface area (Å²) in [6, 6.07) is 0. The third-order valence-corrected chi connectivity index (χ3v) is 13.7. The van der Waals surface area contributed by atoms with Gasteiger partial charge in [-0.2, -0.15) is 0 Å². The molecule has 0 aromatic rings. The average molecular weight is 867 g/mol. The lowest BCUT2D eigenvalue weighted by Gasteiger charge is -2.45. The van der Waals surface area contributed by atoms with Crippen LogP contribution in [-0.4, -0.2) is 76.1 Å². The van der Waals surface area contributed by atoms with Gasteiger partial charge < -0.3 is 35.0 Å². The molecule has 1 heterocycles. The number of aliphatic hydroxyl groups is 5. The molecule has 2 aliphatic carbocycles. The second kappa shape index (κ2) is 25.7. The van der Waals surface area contributed by atoms with E-state index in [0.717, 1.165) is 55.2 Å². The topological polar surface area (TPSA) is 120 Å². The number of allylic oxidation sites excluding steroid dienone is 22. The molecule has 0 unspecified atom stereocenters. The molecular formula is C56H82O7. The smallest absolute Gasteiger partial charge is 0.187 e. The summed E-state index contributed by atoms with van der Waals surface area (Å²) >= 11 is 0. The van der Waals surface area contributed by atoms with Gasteiger partial charge in [-0.15, -0.1) is 0 Å². The van der Waals surface area contributed by atoms with Crippen LogP contribution in [0.1, 0.15) is 108 Å². The zero-order valence-electron chi connectivity index (χ0n) is 40.3. The van der Waals surface area contributed by atoms with E-state index in [9.17, 15) is 25.5 Å². The molecule has 63 heavy (non-hydrogen) atoms. The van der Waals surface area contributed by atoms with Crippen LogP contribution in [0.15, 0.2) is 155 Å². The number of hydrogen-bond donors (Lipinski definition) is 5. The Morgan fingerprint density at radius 2 is 1.05 bits per heavy atom. The molecule has 0 aromatic carbocycles. The van der Waals surface area contributed by atoms with Gasteiger partial charge in [-0.3, -0.25) is 0 Å². The minimum absolute atomic E-state index is 0.00914. The quantitative estimate of drug-likeness (QED) is 0.0648. The Bertz CT molecular complexity index is 1870. The standard InChI is InChI=1S/C56H82O7/c1-38(19-15-21-40(3)25-33-48-44(7)27-31-46(55(48,9)10)29-23-42(5)35-57)17-13-14-18-39(2)20-16-22-41(4)26-34-49-45(8)28-32-47(56(49,11)12)30-24-43(6)37-62-54-53(61)52(60)51(59)50(36-58)63-54/h13-26,33-34,46-54,57-61H,7-8,27-32,35-37H2,1-6,9-12H3/b14-13+,19-15+,20-16+,33-25+,34-26+,38-17+,39-18+,40-21+,41-22+,42-23+,43-24+/t46-,47-,48+,49+,50+,51+,52-,53+,54+/m0/s1. The van der Waals surface area contributed by atoms with E-state index in [4.69, 9.17) is 9.47 Å². The summed E-state index contributed by atoms with van der Waals surface area (Å²) < 4.78 is 11.2. The molecule has 3 fully saturated rings. The van der Waals surface area contributed by atoms with Crippen molar-refractivity contribution >= 4 is 0 Å². The van der Waals surface area contributed by atoms with Crippen LogP contribution in [0.5, 0.6) is 0 Å². The normalized spacial score (nSPS) is 30.9. The van der Waals surface area contributed by atoms with Crippen molar-refractivity contribution < 1.29 is 35.0 Å². The fourth-order valence-electron chi connectivity index (χ4n) is 9.01. The Labute approximate surface area is 381 Å². The van der Waals surface area contributed by atoms with Gasteiger partial charge >= 0.3 is 0 Å². The zero-order chi connectivity index (χ0) is 46.9. The van der Waals surface area contributed by atoms with Gasteiger partial charge in [0.05, 0.1) is 19.8 Å². The van der Waals surface area contributed by atoms with Gasteiger partial charge in [0.2, 0.25) is 0 Å². The summed E-state index contributed by atoms with van der Waals surface area (Å²) in [7, 11) is 0. The summed E-state index contributed by atoms with van der Waals surface area (Å²) in [6.07, 6.45) is 34.3. The Morgan fingerprint density at radius 3 is 1.49 bits per heavy atom. The Balaban J connectivity index is 1.50. The van der Waals surface area contributed by atoms with Crippen LogP contribution >= 0.6 is 0 Å². The Kier molecular flexibility index (Phi) is 21.9. The maximum Gasteiger partial charge on any atom is 0.187 e. The molecule has 1 aliphatic heterocycles. The van der Waals surface area contributed by atoms with Crippen LogP contribution in [-0.2, 0) is 9.47 Å². The van der Waals surface area contributed by atoms with Crippen LogP contribution in [0.2, 0.25) is 0 Å². The van der Waals surface area contributed by atoms with Crippen LogP contribution in [0.4, 0.5) is 0 Å². The van der Waals surface area contributed by atoms with E-state index < -0.39 is 37.3 Å². The number of rotatable bonds is 19. The fraction of sp³-hybridized carbons (Fsp3) is 0.536. The minimum Gasteiger partial charge on any atom is -0.394 e. The second-order valence-corrected chi connectivity index (χ2v) is 19.6. The Hall–Kier alpha value is -3.66. The SMILES string of the molecule is C=C1CC[C@H](C/C=C(\C)CO)C(C)(C)[C@@H]1/C=C/C(C)=C/C=C/C(C)=C/C=C/C=C(C)/C=C/C=C(C)/C=C/[C@@H]1C(=C)CC[C@H](C/C=C(\C)CO[C@@H]2O[C@H](CO)[C@@H](O)[C@H](O)[C@H]2O)C1(C)C. The lowest BCUT2D eigenvalue weighted by Crippen LogP contribution is -2.59. The summed E-state index contributed by atoms with van der Waals surface area (Å²) in [6.45, 7) is 30.5. The first-order valence-electron chi connectivity index (χ1n) is 23.0. The van der Waals surface area contributed by atoms with Gasteiger partial charge in [0.15, 0.2) is 6.29 Å². The number of hydrogen-bond acceptors (Lipinski definition) is 7. The molecule has 0 aromatic heterocycles. The number of aliphatic hydroxyl groups excluding tert-OH is 5. The average Bonchev–Trinajstić information content (AvgIpc) is 3.22. The van der Waals surface area contributed by atoms with Crippen molar-refractivity contribution in [3.8, 4) is 0 Å². The molecule has 2 saturated carbocycles. The second-order valence-electron chi connectivity index (χ2n) is 19.6. The summed E-state index contributed by atoms with van der Waals surface area (Å²) in [5.41, 5.74) is 9.39. The van der Waals surface area contributed by atoms with E-state index in [-0.39, 0.29) is 30.0 Å².